The third-order valence-electron chi connectivity index (χ3n) is 4.32. The van der Waals surface area contributed by atoms with E-state index < -0.39 is 11.7 Å². The molecule has 6 heteroatoms. The van der Waals surface area contributed by atoms with Crippen LogP contribution in [0.1, 0.15) is 29.0 Å². The van der Waals surface area contributed by atoms with Crippen molar-refractivity contribution in [3.05, 3.63) is 63.6 Å². The Morgan fingerprint density at radius 3 is 2.46 bits per heavy atom. The summed E-state index contributed by atoms with van der Waals surface area (Å²) in [7, 11) is 0. The number of hydrogen-bond acceptors (Lipinski definition) is 2. The van der Waals surface area contributed by atoms with Gasteiger partial charge in [0.15, 0.2) is 0 Å². The summed E-state index contributed by atoms with van der Waals surface area (Å²) in [5.41, 5.74) is 0.496. The van der Waals surface area contributed by atoms with Crippen LogP contribution < -0.4 is 4.90 Å². The molecule has 0 N–H and O–H groups in total. The first-order chi connectivity index (χ1) is 11.4. The summed E-state index contributed by atoms with van der Waals surface area (Å²) in [6.07, 6.45) is -3.63. The number of nitrogens with zero attached hydrogens (tertiary/aromatic N) is 2. The summed E-state index contributed by atoms with van der Waals surface area (Å²) < 4.78 is 40.3. The van der Waals surface area contributed by atoms with Gasteiger partial charge in [-0.15, -0.1) is 0 Å². The fourth-order valence-electron chi connectivity index (χ4n) is 3.06. The molecule has 0 aliphatic carbocycles. The Hall–Kier alpha value is -2.00. The van der Waals surface area contributed by atoms with Crippen molar-refractivity contribution in [3.63, 3.8) is 0 Å². The van der Waals surface area contributed by atoms with Gasteiger partial charge < -0.3 is 4.90 Å². The summed E-state index contributed by atoms with van der Waals surface area (Å²) in [6, 6.07) is 13.6. The van der Waals surface area contributed by atoms with Crippen LogP contribution in [0.2, 0.25) is 0 Å². The van der Waals surface area contributed by atoms with E-state index in [2.05, 4.69) is 15.9 Å². The van der Waals surface area contributed by atoms with Crippen LogP contribution in [0.15, 0.2) is 46.9 Å². The van der Waals surface area contributed by atoms with Gasteiger partial charge >= 0.3 is 6.18 Å². The van der Waals surface area contributed by atoms with Crippen LogP contribution in [0.25, 0.3) is 0 Å². The average Bonchev–Trinajstić information content (AvgIpc) is 3.04. The summed E-state index contributed by atoms with van der Waals surface area (Å²) in [5, 5.41) is 8.88. The molecule has 0 saturated carbocycles. The molecule has 2 aromatic carbocycles. The lowest BCUT2D eigenvalue weighted by atomic mass is 9.99. The molecule has 1 atom stereocenters. The smallest absolute Gasteiger partial charge is 0.371 e. The summed E-state index contributed by atoms with van der Waals surface area (Å²) in [5.74, 6) is 0.295. The van der Waals surface area contributed by atoms with Gasteiger partial charge in [-0.3, -0.25) is 0 Å². The molecule has 1 saturated heterocycles. The third-order valence-corrected chi connectivity index (χ3v) is 4.85. The fourth-order valence-corrected chi connectivity index (χ4v) is 3.33. The van der Waals surface area contributed by atoms with Gasteiger partial charge in [-0.1, -0.05) is 28.1 Å². The van der Waals surface area contributed by atoms with Gasteiger partial charge in [0, 0.05) is 29.2 Å². The first-order valence-electron chi connectivity index (χ1n) is 7.50. The lowest BCUT2D eigenvalue weighted by molar-refractivity contribution is -0.137. The zero-order valence-corrected chi connectivity index (χ0v) is 14.2. The number of alkyl halides is 3. The summed E-state index contributed by atoms with van der Waals surface area (Å²) >= 11 is 3.40. The van der Waals surface area contributed by atoms with Crippen molar-refractivity contribution in [3.8, 4) is 6.07 Å². The van der Waals surface area contributed by atoms with Gasteiger partial charge in [0.1, 0.15) is 0 Å². The molecule has 1 aliphatic rings. The van der Waals surface area contributed by atoms with Crippen LogP contribution in [0.3, 0.4) is 0 Å². The minimum Gasteiger partial charge on any atom is -0.371 e. The first kappa shape index (κ1) is 16.8. The molecule has 0 amide bonds. The Labute approximate surface area is 146 Å². The predicted molar refractivity (Wildman–Crippen MR) is 89.9 cm³/mol. The Morgan fingerprint density at radius 2 is 1.83 bits per heavy atom. The second-order valence-corrected chi connectivity index (χ2v) is 6.74. The van der Waals surface area contributed by atoms with Gasteiger partial charge in [-0.2, -0.15) is 18.4 Å². The van der Waals surface area contributed by atoms with Crippen molar-refractivity contribution >= 4 is 21.6 Å². The zero-order valence-electron chi connectivity index (χ0n) is 12.6. The normalized spacial score (nSPS) is 17.8. The number of nitriles is 1. The average molecular weight is 395 g/mol. The Kier molecular flexibility index (Phi) is 4.55. The van der Waals surface area contributed by atoms with E-state index in [0.29, 0.717) is 24.7 Å². The van der Waals surface area contributed by atoms with E-state index in [-0.39, 0.29) is 5.56 Å². The molecule has 124 valence electrons. The number of hydrogen-bond donors (Lipinski definition) is 0. The van der Waals surface area contributed by atoms with Crippen molar-refractivity contribution in [2.24, 2.45) is 0 Å². The minimum atomic E-state index is -4.52. The first-order valence-corrected chi connectivity index (χ1v) is 8.29. The number of halogens is 4. The van der Waals surface area contributed by atoms with E-state index in [1.54, 1.807) is 12.1 Å². The quantitative estimate of drug-likeness (QED) is 0.687. The second kappa shape index (κ2) is 6.48. The lowest BCUT2D eigenvalue weighted by Crippen LogP contribution is -2.20. The molecule has 0 spiro atoms. The molecule has 0 aromatic heterocycles. The topological polar surface area (TPSA) is 27.0 Å². The molecule has 0 unspecified atom stereocenters. The maximum absolute atomic E-state index is 13.1. The van der Waals surface area contributed by atoms with E-state index in [0.717, 1.165) is 17.0 Å². The van der Waals surface area contributed by atoms with E-state index in [1.807, 2.05) is 29.2 Å². The Bertz CT molecular complexity index is 778. The molecule has 1 fully saturated rings. The number of anilines is 1. The predicted octanol–water partition coefficient (Wildman–Crippen LogP) is 5.33. The van der Waals surface area contributed by atoms with E-state index >= 15 is 0 Å². The van der Waals surface area contributed by atoms with Crippen LogP contribution in [0, 0.1) is 11.3 Å². The Morgan fingerprint density at radius 1 is 1.12 bits per heavy atom. The molecule has 0 radical (unpaired) electrons. The molecular weight excluding hydrogens is 381 g/mol. The van der Waals surface area contributed by atoms with Gasteiger partial charge in [-0.05, 0) is 42.3 Å². The van der Waals surface area contributed by atoms with Crippen LogP contribution in [0.5, 0.6) is 0 Å². The molecule has 1 aliphatic heterocycles. The van der Waals surface area contributed by atoms with Gasteiger partial charge in [0.2, 0.25) is 0 Å². The molecule has 1 heterocycles. The van der Waals surface area contributed by atoms with Crippen LogP contribution in [-0.4, -0.2) is 13.1 Å². The van der Waals surface area contributed by atoms with E-state index in [9.17, 15) is 13.2 Å². The molecule has 24 heavy (non-hydrogen) atoms. The standard InChI is InChI=1S/C18H14BrF3N2/c19-15-4-1-12(2-5-15)14-7-8-24(11-14)16-6-3-13(10-23)17(9-16)18(20,21)22/h1-6,9,14H,7-8,11H2/t14-/m1/s1. The van der Waals surface area contributed by atoms with Crippen LogP contribution in [-0.2, 0) is 6.18 Å². The highest BCUT2D eigenvalue weighted by Gasteiger charge is 2.35. The number of rotatable bonds is 2. The minimum absolute atomic E-state index is 0.295. The number of benzene rings is 2. The fraction of sp³-hybridized carbons (Fsp3) is 0.278. The van der Waals surface area contributed by atoms with E-state index in [1.165, 1.54) is 11.6 Å². The van der Waals surface area contributed by atoms with Gasteiger partial charge in [-0.25, -0.2) is 0 Å². The monoisotopic (exact) mass is 394 g/mol. The molecule has 2 aromatic rings. The second-order valence-electron chi connectivity index (χ2n) is 5.82. The highest BCUT2D eigenvalue weighted by Crippen LogP contribution is 2.37. The van der Waals surface area contributed by atoms with E-state index in [4.69, 9.17) is 5.26 Å². The molecular formula is C18H14BrF3N2. The largest absolute Gasteiger partial charge is 0.417 e. The van der Waals surface area contributed by atoms with Crippen LogP contribution in [0.4, 0.5) is 18.9 Å². The van der Waals surface area contributed by atoms with Crippen molar-refractivity contribution in [1.82, 2.24) is 0 Å². The summed E-state index contributed by atoms with van der Waals surface area (Å²) in [6.45, 7) is 1.37. The SMILES string of the molecule is N#Cc1ccc(N2CC[C@@H](c3ccc(Br)cc3)C2)cc1C(F)(F)F. The van der Waals surface area contributed by atoms with Gasteiger partial charge in [0.25, 0.3) is 0 Å². The van der Waals surface area contributed by atoms with Crippen LogP contribution >= 0.6 is 15.9 Å². The maximum Gasteiger partial charge on any atom is 0.417 e. The highest BCUT2D eigenvalue weighted by molar-refractivity contribution is 9.10. The van der Waals surface area contributed by atoms with Crippen molar-refractivity contribution in [2.45, 2.75) is 18.5 Å². The van der Waals surface area contributed by atoms with Gasteiger partial charge in [0.05, 0.1) is 17.2 Å². The molecule has 0 bridgehead atoms. The Balaban J connectivity index is 1.83. The lowest BCUT2D eigenvalue weighted by Gasteiger charge is -2.21. The zero-order chi connectivity index (χ0) is 17.3. The highest BCUT2D eigenvalue weighted by atomic mass is 79.9. The van der Waals surface area contributed by atoms with Crippen molar-refractivity contribution in [1.29, 1.82) is 5.26 Å². The van der Waals surface area contributed by atoms with Crippen molar-refractivity contribution < 1.29 is 13.2 Å². The molecule has 3 rings (SSSR count). The molecule has 2 nitrogen and oxygen atoms in total. The third kappa shape index (κ3) is 3.41. The maximum atomic E-state index is 13.1. The summed E-state index contributed by atoms with van der Waals surface area (Å²) in [4.78, 5) is 1.95. The van der Waals surface area contributed by atoms with Crippen molar-refractivity contribution in [2.75, 3.05) is 18.0 Å².